The third kappa shape index (κ3) is 3.93. The van der Waals surface area contributed by atoms with Gasteiger partial charge in [-0.15, -0.1) is 11.6 Å². The minimum absolute atomic E-state index is 0.0680. The smallest absolute Gasteiger partial charge is 0.129 e. The van der Waals surface area contributed by atoms with Gasteiger partial charge in [0.1, 0.15) is 11.6 Å². The number of hydrogen-bond donors (Lipinski definition) is 1. The van der Waals surface area contributed by atoms with Gasteiger partial charge >= 0.3 is 0 Å². The molecule has 1 N–H and O–H groups in total. The number of alkyl halides is 1. The van der Waals surface area contributed by atoms with Gasteiger partial charge in [-0.05, 0) is 18.9 Å². The molecule has 1 aromatic heterocycles. The van der Waals surface area contributed by atoms with Crippen molar-refractivity contribution in [3.8, 4) is 0 Å². The zero-order chi connectivity index (χ0) is 13.7. The first kappa shape index (κ1) is 13.8. The molecular weight excluding hydrogens is 258 g/mol. The molecule has 2 aromatic rings. The highest BCUT2D eigenvalue weighted by Crippen LogP contribution is 2.20. The van der Waals surface area contributed by atoms with Crippen LogP contribution in [-0.2, 0) is 6.42 Å². The molecule has 100 valence electrons. The van der Waals surface area contributed by atoms with Crippen LogP contribution in [-0.4, -0.2) is 16.5 Å². The van der Waals surface area contributed by atoms with Gasteiger partial charge in [-0.1, -0.05) is 37.3 Å². The molecule has 0 radical (unpaired) electrons. The Morgan fingerprint density at radius 3 is 2.63 bits per heavy atom. The van der Waals surface area contributed by atoms with E-state index in [4.69, 9.17) is 11.6 Å². The van der Waals surface area contributed by atoms with Gasteiger partial charge in [0.25, 0.3) is 0 Å². The van der Waals surface area contributed by atoms with Gasteiger partial charge in [-0.2, -0.15) is 0 Å². The summed E-state index contributed by atoms with van der Waals surface area (Å²) < 4.78 is 0. The van der Waals surface area contributed by atoms with Crippen LogP contribution in [0.3, 0.4) is 0 Å². The molecule has 0 aliphatic carbocycles. The fraction of sp³-hybridized carbons (Fsp3) is 0.333. The molecule has 1 heterocycles. The van der Waals surface area contributed by atoms with Crippen LogP contribution < -0.4 is 5.32 Å². The summed E-state index contributed by atoms with van der Waals surface area (Å²) in [6.45, 7) is 4.63. The first-order valence-electron chi connectivity index (χ1n) is 6.46. The Morgan fingerprint density at radius 2 is 1.95 bits per heavy atom. The van der Waals surface area contributed by atoms with E-state index in [1.807, 2.05) is 43.3 Å². The lowest BCUT2D eigenvalue weighted by molar-refractivity contribution is 0.922. The van der Waals surface area contributed by atoms with Gasteiger partial charge in [-0.3, -0.25) is 0 Å². The van der Waals surface area contributed by atoms with Crippen molar-refractivity contribution in [2.45, 2.75) is 25.6 Å². The van der Waals surface area contributed by atoms with Crippen LogP contribution in [0.2, 0.25) is 0 Å². The summed E-state index contributed by atoms with van der Waals surface area (Å²) in [6.07, 6.45) is 0.904. The second-order valence-corrected chi connectivity index (χ2v) is 4.93. The number of nitrogens with zero attached hydrogens (tertiary/aromatic N) is 2. The van der Waals surface area contributed by atoms with Gasteiger partial charge in [-0.25, -0.2) is 9.97 Å². The largest absolute Gasteiger partial charge is 0.368 e. The normalized spacial score (nSPS) is 12.2. The van der Waals surface area contributed by atoms with Gasteiger partial charge in [0.15, 0.2) is 0 Å². The molecule has 2 rings (SSSR count). The van der Waals surface area contributed by atoms with E-state index in [1.54, 1.807) is 0 Å². The van der Waals surface area contributed by atoms with Crippen LogP contribution in [0, 0.1) is 6.92 Å². The van der Waals surface area contributed by atoms with Crippen LogP contribution in [0.25, 0.3) is 0 Å². The summed E-state index contributed by atoms with van der Waals surface area (Å²) in [4.78, 5) is 8.72. The lowest BCUT2D eigenvalue weighted by atomic mass is 10.1. The summed E-state index contributed by atoms with van der Waals surface area (Å²) in [5, 5.41) is 3.21. The summed E-state index contributed by atoms with van der Waals surface area (Å²) in [6, 6.07) is 12.0. The predicted molar refractivity (Wildman–Crippen MR) is 79.7 cm³/mol. The molecule has 0 saturated heterocycles. The number of hydrogen-bond acceptors (Lipinski definition) is 3. The Kier molecular flexibility index (Phi) is 4.74. The number of aryl methyl sites for hydroxylation is 2. The molecule has 19 heavy (non-hydrogen) atoms. The molecule has 1 aromatic carbocycles. The van der Waals surface area contributed by atoms with Crippen LogP contribution in [0.5, 0.6) is 0 Å². The number of nitrogens with one attached hydrogen (secondary N) is 1. The fourth-order valence-electron chi connectivity index (χ4n) is 1.88. The summed E-state index contributed by atoms with van der Waals surface area (Å²) in [7, 11) is 0. The number of benzene rings is 1. The number of rotatable bonds is 5. The molecule has 1 unspecified atom stereocenters. The highest BCUT2D eigenvalue weighted by Gasteiger charge is 2.08. The third-order valence-corrected chi connectivity index (χ3v) is 3.28. The summed E-state index contributed by atoms with van der Waals surface area (Å²) >= 11 is 6.36. The molecular formula is C15H18ClN3. The maximum atomic E-state index is 6.36. The van der Waals surface area contributed by atoms with E-state index >= 15 is 0 Å². The van der Waals surface area contributed by atoms with Crippen LogP contribution in [0.15, 0.2) is 36.4 Å². The minimum Gasteiger partial charge on any atom is -0.368 e. The van der Waals surface area contributed by atoms with Crippen molar-refractivity contribution in [2.75, 3.05) is 11.9 Å². The minimum atomic E-state index is -0.0680. The second kappa shape index (κ2) is 6.53. The Balaban J connectivity index is 2.01. The van der Waals surface area contributed by atoms with Gasteiger partial charge in [0, 0.05) is 18.3 Å². The zero-order valence-corrected chi connectivity index (χ0v) is 12.0. The topological polar surface area (TPSA) is 37.8 Å². The van der Waals surface area contributed by atoms with E-state index in [0.717, 1.165) is 29.3 Å². The maximum absolute atomic E-state index is 6.36. The van der Waals surface area contributed by atoms with Gasteiger partial charge in [0.2, 0.25) is 0 Å². The van der Waals surface area contributed by atoms with E-state index in [9.17, 15) is 0 Å². The molecule has 0 fully saturated rings. The quantitative estimate of drug-likeness (QED) is 0.845. The van der Waals surface area contributed by atoms with Crippen LogP contribution >= 0.6 is 11.6 Å². The van der Waals surface area contributed by atoms with Crippen molar-refractivity contribution in [2.24, 2.45) is 0 Å². The molecule has 0 aliphatic heterocycles. The number of aromatic nitrogens is 2. The third-order valence-electron chi connectivity index (χ3n) is 2.88. The average molecular weight is 276 g/mol. The Labute approximate surface area is 119 Å². The Hall–Kier alpha value is -1.61. The highest BCUT2D eigenvalue weighted by molar-refractivity contribution is 6.21. The summed E-state index contributed by atoms with van der Waals surface area (Å²) in [5.74, 6) is 1.62. The zero-order valence-electron chi connectivity index (χ0n) is 11.2. The van der Waals surface area contributed by atoms with Crippen LogP contribution in [0.4, 0.5) is 5.82 Å². The van der Waals surface area contributed by atoms with E-state index in [0.29, 0.717) is 6.54 Å². The SMILES string of the molecule is CCc1cc(NCC(Cl)c2ccccc2)nc(C)n1. The van der Waals surface area contributed by atoms with Crippen LogP contribution in [0.1, 0.15) is 29.4 Å². The fourth-order valence-corrected chi connectivity index (χ4v) is 2.10. The van der Waals surface area contributed by atoms with Crippen molar-refractivity contribution >= 4 is 17.4 Å². The predicted octanol–water partition coefficient (Wildman–Crippen LogP) is 3.74. The highest BCUT2D eigenvalue weighted by atomic mass is 35.5. The Morgan fingerprint density at radius 1 is 1.21 bits per heavy atom. The van der Waals surface area contributed by atoms with Crippen molar-refractivity contribution in [1.82, 2.24) is 9.97 Å². The lowest BCUT2D eigenvalue weighted by Gasteiger charge is -2.12. The van der Waals surface area contributed by atoms with Crippen molar-refractivity contribution in [3.63, 3.8) is 0 Å². The molecule has 0 saturated carbocycles. The standard InChI is InChI=1S/C15H18ClN3/c1-3-13-9-15(19-11(2)18-13)17-10-14(16)12-7-5-4-6-8-12/h4-9,14H,3,10H2,1-2H3,(H,17,18,19). The molecule has 0 bridgehead atoms. The number of anilines is 1. The first-order chi connectivity index (χ1) is 9.19. The Bertz CT molecular complexity index is 528. The number of halogens is 1. The van der Waals surface area contributed by atoms with Crippen molar-refractivity contribution in [3.05, 3.63) is 53.5 Å². The second-order valence-electron chi connectivity index (χ2n) is 4.40. The van der Waals surface area contributed by atoms with Crippen molar-refractivity contribution < 1.29 is 0 Å². The molecule has 1 atom stereocenters. The van der Waals surface area contributed by atoms with E-state index in [-0.39, 0.29) is 5.38 Å². The van der Waals surface area contributed by atoms with E-state index < -0.39 is 0 Å². The average Bonchev–Trinajstić information content (AvgIpc) is 2.45. The maximum Gasteiger partial charge on any atom is 0.129 e. The first-order valence-corrected chi connectivity index (χ1v) is 6.90. The molecule has 0 amide bonds. The molecule has 3 nitrogen and oxygen atoms in total. The van der Waals surface area contributed by atoms with Gasteiger partial charge in [0.05, 0.1) is 5.38 Å². The van der Waals surface area contributed by atoms with E-state index in [1.165, 1.54) is 0 Å². The molecule has 0 aliphatic rings. The monoisotopic (exact) mass is 275 g/mol. The molecule has 0 spiro atoms. The lowest BCUT2D eigenvalue weighted by Crippen LogP contribution is -2.10. The van der Waals surface area contributed by atoms with E-state index in [2.05, 4.69) is 22.2 Å². The van der Waals surface area contributed by atoms with Crippen molar-refractivity contribution in [1.29, 1.82) is 0 Å². The molecule has 4 heteroatoms. The van der Waals surface area contributed by atoms with Gasteiger partial charge < -0.3 is 5.32 Å². The summed E-state index contributed by atoms with van der Waals surface area (Å²) in [5.41, 5.74) is 2.15.